The van der Waals surface area contributed by atoms with E-state index < -0.39 is 54.5 Å². The minimum Gasteiger partial charge on any atom is -0.508 e. The van der Waals surface area contributed by atoms with Crippen molar-refractivity contribution in [2.75, 3.05) is 6.61 Å². The van der Waals surface area contributed by atoms with E-state index >= 15 is 0 Å². The number of phenolic OH excluding ortho intramolecular Hbond substituents is 2. The lowest BCUT2D eigenvalue weighted by Crippen LogP contribution is -2.59. The summed E-state index contributed by atoms with van der Waals surface area (Å²) in [6.07, 6.45) is -0.124. The molecule has 0 saturated heterocycles. The number of hydrogen-bond donors (Lipinski definition) is 8. The average molecular weight is 531 g/mol. The second-order valence-corrected chi connectivity index (χ2v) is 9.22. The second-order valence-electron chi connectivity index (χ2n) is 9.22. The molecule has 12 heteroatoms. The lowest BCUT2D eigenvalue weighted by molar-refractivity contribution is -0.142. The number of carboxylic acids is 1. The molecule has 206 valence electrons. The molecule has 0 fully saturated rings. The molecule has 0 aliphatic carbocycles. The number of phenols is 2. The molecule has 4 unspecified atom stereocenters. The lowest BCUT2D eigenvalue weighted by Gasteiger charge is -2.25. The van der Waals surface area contributed by atoms with Crippen molar-refractivity contribution in [3.8, 4) is 11.5 Å². The standard InChI is InChI=1S/C26H34N4O8/c1-14(2)22(27)25(36)28-19(11-15-3-7-17(32)8-4-15)23(34)30-21(13-31)24(35)29-20(26(37)38)12-16-5-9-18(33)10-6-16/h3-10,14,19-22,31-33H,11-13,27H2,1-2H3,(H,28,36)(H,29,35)(H,30,34)(H,37,38). The maximum Gasteiger partial charge on any atom is 0.326 e. The van der Waals surface area contributed by atoms with Crippen LogP contribution in [0.1, 0.15) is 25.0 Å². The summed E-state index contributed by atoms with van der Waals surface area (Å²) in [7, 11) is 0. The molecule has 38 heavy (non-hydrogen) atoms. The highest BCUT2D eigenvalue weighted by Gasteiger charge is 2.30. The van der Waals surface area contributed by atoms with E-state index in [1.165, 1.54) is 36.4 Å². The van der Waals surface area contributed by atoms with Crippen LogP contribution in [0.4, 0.5) is 0 Å². The molecule has 0 aliphatic heterocycles. The van der Waals surface area contributed by atoms with E-state index in [0.29, 0.717) is 11.1 Å². The molecule has 2 rings (SSSR count). The van der Waals surface area contributed by atoms with Crippen molar-refractivity contribution in [3.63, 3.8) is 0 Å². The largest absolute Gasteiger partial charge is 0.508 e. The Balaban J connectivity index is 2.15. The quantitative estimate of drug-likeness (QED) is 0.166. The minimum absolute atomic E-state index is 0.00369. The predicted molar refractivity (Wildman–Crippen MR) is 137 cm³/mol. The van der Waals surface area contributed by atoms with Crippen LogP contribution < -0.4 is 21.7 Å². The number of rotatable bonds is 13. The van der Waals surface area contributed by atoms with E-state index in [-0.39, 0.29) is 30.3 Å². The number of amides is 3. The maximum atomic E-state index is 13.1. The Morgan fingerprint density at radius 1 is 0.711 bits per heavy atom. The molecule has 0 heterocycles. The second kappa shape index (κ2) is 14.0. The molecule has 12 nitrogen and oxygen atoms in total. The number of aliphatic hydroxyl groups excluding tert-OH is 1. The number of carboxylic acid groups (broad SMARTS) is 1. The van der Waals surface area contributed by atoms with Gasteiger partial charge in [0.1, 0.15) is 29.6 Å². The Bertz CT molecular complexity index is 1110. The molecule has 0 bridgehead atoms. The van der Waals surface area contributed by atoms with Crippen molar-refractivity contribution < 1.29 is 39.6 Å². The van der Waals surface area contributed by atoms with Gasteiger partial charge in [0, 0.05) is 12.8 Å². The topological polar surface area (TPSA) is 211 Å². The normalized spacial score (nSPS) is 14.1. The number of carbonyl (C=O) groups excluding carboxylic acids is 3. The number of aliphatic hydroxyl groups is 1. The van der Waals surface area contributed by atoms with Gasteiger partial charge in [0.25, 0.3) is 0 Å². The molecule has 0 radical (unpaired) electrons. The van der Waals surface area contributed by atoms with E-state index in [4.69, 9.17) is 5.73 Å². The summed E-state index contributed by atoms with van der Waals surface area (Å²) in [5.41, 5.74) is 7.02. The number of hydrogen-bond acceptors (Lipinski definition) is 8. The molecular weight excluding hydrogens is 496 g/mol. The smallest absolute Gasteiger partial charge is 0.326 e. The summed E-state index contributed by atoms with van der Waals surface area (Å²) in [6.45, 7) is 2.64. The van der Waals surface area contributed by atoms with Gasteiger partial charge in [-0.25, -0.2) is 4.79 Å². The minimum atomic E-state index is -1.51. The average Bonchev–Trinajstić information content (AvgIpc) is 2.87. The van der Waals surface area contributed by atoms with Crippen LogP contribution in [-0.4, -0.2) is 74.9 Å². The molecule has 0 aromatic heterocycles. The van der Waals surface area contributed by atoms with Gasteiger partial charge >= 0.3 is 5.97 Å². The molecule has 2 aromatic carbocycles. The van der Waals surface area contributed by atoms with E-state index in [1.54, 1.807) is 26.0 Å². The Morgan fingerprint density at radius 3 is 1.53 bits per heavy atom. The van der Waals surface area contributed by atoms with Gasteiger partial charge in [-0.3, -0.25) is 14.4 Å². The zero-order chi connectivity index (χ0) is 28.4. The molecule has 0 spiro atoms. The van der Waals surface area contributed by atoms with Crippen LogP contribution >= 0.6 is 0 Å². The first-order valence-corrected chi connectivity index (χ1v) is 12.0. The summed E-state index contributed by atoms with van der Waals surface area (Å²) in [5.74, 6) is -3.89. The first-order valence-electron chi connectivity index (χ1n) is 12.0. The summed E-state index contributed by atoms with van der Waals surface area (Å²) >= 11 is 0. The fourth-order valence-corrected chi connectivity index (χ4v) is 3.45. The van der Waals surface area contributed by atoms with Gasteiger partial charge in [0.05, 0.1) is 12.6 Å². The number of nitrogens with one attached hydrogen (secondary N) is 3. The van der Waals surface area contributed by atoms with E-state index in [0.717, 1.165) is 0 Å². The lowest BCUT2D eigenvalue weighted by atomic mass is 10.0. The van der Waals surface area contributed by atoms with Crippen LogP contribution in [-0.2, 0) is 32.0 Å². The Morgan fingerprint density at radius 2 is 1.11 bits per heavy atom. The zero-order valence-electron chi connectivity index (χ0n) is 21.1. The summed E-state index contributed by atoms with van der Waals surface area (Å²) in [5, 5.41) is 45.5. The fourth-order valence-electron chi connectivity index (χ4n) is 3.45. The van der Waals surface area contributed by atoms with E-state index in [9.17, 15) is 39.6 Å². The van der Waals surface area contributed by atoms with Gasteiger partial charge < -0.3 is 42.1 Å². The van der Waals surface area contributed by atoms with Crippen LogP contribution in [0.2, 0.25) is 0 Å². The highest BCUT2D eigenvalue weighted by atomic mass is 16.4. The number of aromatic hydroxyl groups is 2. The Kier molecular flexibility index (Phi) is 11.0. The first-order chi connectivity index (χ1) is 17.9. The van der Waals surface area contributed by atoms with Gasteiger partial charge in [-0.1, -0.05) is 38.1 Å². The van der Waals surface area contributed by atoms with Gasteiger partial charge in [0.2, 0.25) is 17.7 Å². The maximum absolute atomic E-state index is 13.1. The molecule has 0 aliphatic rings. The van der Waals surface area contributed by atoms with Crippen molar-refractivity contribution in [2.45, 2.75) is 50.9 Å². The zero-order valence-corrected chi connectivity index (χ0v) is 21.1. The molecule has 3 amide bonds. The monoisotopic (exact) mass is 530 g/mol. The molecule has 4 atom stereocenters. The Labute approximate surface area is 219 Å². The van der Waals surface area contributed by atoms with Crippen LogP contribution in [0.5, 0.6) is 11.5 Å². The van der Waals surface area contributed by atoms with E-state index in [2.05, 4.69) is 16.0 Å². The highest BCUT2D eigenvalue weighted by Crippen LogP contribution is 2.13. The summed E-state index contributed by atoms with van der Waals surface area (Å²) in [4.78, 5) is 50.2. The highest BCUT2D eigenvalue weighted by molar-refractivity contribution is 5.94. The molecule has 2 aromatic rings. The van der Waals surface area contributed by atoms with Crippen LogP contribution in [0.3, 0.4) is 0 Å². The number of benzene rings is 2. The number of carbonyl (C=O) groups is 4. The van der Waals surface area contributed by atoms with Crippen molar-refractivity contribution >= 4 is 23.7 Å². The Hall–Kier alpha value is -4.16. The third-order valence-electron chi connectivity index (χ3n) is 5.84. The van der Waals surface area contributed by atoms with Crippen LogP contribution in [0, 0.1) is 5.92 Å². The number of nitrogens with two attached hydrogens (primary N) is 1. The van der Waals surface area contributed by atoms with Gasteiger partial charge in [0.15, 0.2) is 0 Å². The van der Waals surface area contributed by atoms with Gasteiger partial charge in [-0.05, 0) is 41.3 Å². The van der Waals surface area contributed by atoms with E-state index in [1.807, 2.05) is 0 Å². The van der Waals surface area contributed by atoms with Crippen molar-refractivity contribution in [1.29, 1.82) is 0 Å². The summed E-state index contributed by atoms with van der Waals surface area (Å²) < 4.78 is 0. The third kappa shape index (κ3) is 9.05. The van der Waals surface area contributed by atoms with Crippen molar-refractivity contribution in [1.82, 2.24) is 16.0 Å². The molecule has 9 N–H and O–H groups in total. The predicted octanol–water partition coefficient (Wildman–Crippen LogP) is -0.602. The first kappa shape index (κ1) is 30.1. The van der Waals surface area contributed by atoms with Crippen molar-refractivity contribution in [3.05, 3.63) is 59.7 Å². The number of aliphatic carboxylic acids is 1. The molecule has 0 saturated carbocycles. The molecular formula is C26H34N4O8. The van der Waals surface area contributed by atoms with Crippen LogP contribution in [0.25, 0.3) is 0 Å². The fraction of sp³-hybridized carbons (Fsp3) is 0.385. The van der Waals surface area contributed by atoms with Crippen LogP contribution in [0.15, 0.2) is 48.5 Å². The van der Waals surface area contributed by atoms with Gasteiger partial charge in [-0.15, -0.1) is 0 Å². The third-order valence-corrected chi connectivity index (χ3v) is 5.84. The van der Waals surface area contributed by atoms with Crippen molar-refractivity contribution in [2.24, 2.45) is 11.7 Å². The summed E-state index contributed by atoms with van der Waals surface area (Å²) in [6, 6.07) is 6.71. The SMILES string of the molecule is CC(C)C(N)C(=O)NC(Cc1ccc(O)cc1)C(=O)NC(CO)C(=O)NC(Cc1ccc(O)cc1)C(=O)O. The van der Waals surface area contributed by atoms with Gasteiger partial charge in [-0.2, -0.15) is 0 Å².